The summed E-state index contributed by atoms with van der Waals surface area (Å²) >= 11 is 0. The van der Waals surface area contributed by atoms with Crippen LogP contribution in [0, 0.1) is 5.92 Å². The number of nitrogens with one attached hydrogen (secondary N) is 1. The number of nitrogens with zero attached hydrogens (tertiary/aromatic N) is 1. The van der Waals surface area contributed by atoms with Gasteiger partial charge in [-0.2, -0.15) is 0 Å². The molecule has 0 fully saturated rings. The molecule has 2 aromatic carbocycles. The average Bonchev–Trinajstić information content (AvgIpc) is 2.59. The maximum absolute atomic E-state index is 12.1. The van der Waals surface area contributed by atoms with Crippen LogP contribution in [0.15, 0.2) is 54.6 Å². The summed E-state index contributed by atoms with van der Waals surface area (Å²) in [6.45, 7) is 4.19. The average molecular weight is 376 g/mol. The van der Waals surface area contributed by atoms with Gasteiger partial charge in [0.15, 0.2) is 0 Å². The van der Waals surface area contributed by atoms with Crippen LogP contribution in [-0.2, 0) is 14.8 Å². The fourth-order valence-corrected chi connectivity index (χ4v) is 3.07. The van der Waals surface area contributed by atoms with E-state index in [2.05, 4.69) is 5.32 Å². The molecule has 2 aromatic rings. The van der Waals surface area contributed by atoms with Crippen molar-refractivity contribution in [1.29, 1.82) is 0 Å². The van der Waals surface area contributed by atoms with Crippen LogP contribution in [0.3, 0.4) is 0 Å². The van der Waals surface area contributed by atoms with E-state index < -0.39 is 10.0 Å². The molecule has 1 amide bonds. The SMILES string of the molecule is CC(C)CNC(=O)CN(c1ccc(Oc2ccccc2)cc1)S(C)(=O)=O. The van der Waals surface area contributed by atoms with E-state index in [4.69, 9.17) is 4.74 Å². The van der Waals surface area contributed by atoms with Crippen LogP contribution in [0.4, 0.5) is 5.69 Å². The topological polar surface area (TPSA) is 75.7 Å². The normalized spacial score (nSPS) is 11.2. The van der Waals surface area contributed by atoms with Crippen LogP contribution < -0.4 is 14.4 Å². The van der Waals surface area contributed by atoms with Gasteiger partial charge in [0.2, 0.25) is 15.9 Å². The molecule has 0 unspecified atom stereocenters. The zero-order valence-electron chi connectivity index (χ0n) is 15.2. The lowest BCUT2D eigenvalue weighted by Gasteiger charge is -2.22. The minimum absolute atomic E-state index is 0.259. The Bertz CT molecular complexity index is 818. The molecule has 0 atom stereocenters. The zero-order chi connectivity index (χ0) is 19.2. The van der Waals surface area contributed by atoms with Crippen LogP contribution in [0.1, 0.15) is 13.8 Å². The second-order valence-corrected chi connectivity index (χ2v) is 8.28. The Morgan fingerprint density at radius 2 is 1.62 bits per heavy atom. The Balaban J connectivity index is 2.12. The number of ether oxygens (including phenoxy) is 1. The lowest BCUT2D eigenvalue weighted by Crippen LogP contribution is -2.41. The standard InChI is InChI=1S/C19H24N2O4S/c1-15(2)13-20-19(22)14-21(26(3,23)24)16-9-11-18(12-10-16)25-17-7-5-4-6-8-17/h4-12,15H,13-14H2,1-3H3,(H,20,22). The fourth-order valence-electron chi connectivity index (χ4n) is 2.21. The van der Waals surface area contributed by atoms with Crippen molar-refractivity contribution in [3.8, 4) is 11.5 Å². The third kappa shape index (κ3) is 6.07. The minimum Gasteiger partial charge on any atom is -0.457 e. The summed E-state index contributed by atoms with van der Waals surface area (Å²) in [5.41, 5.74) is 0.410. The summed E-state index contributed by atoms with van der Waals surface area (Å²) in [7, 11) is -3.59. The molecule has 2 rings (SSSR count). The van der Waals surface area contributed by atoms with Gasteiger partial charge >= 0.3 is 0 Å². The first-order valence-electron chi connectivity index (χ1n) is 8.33. The van der Waals surface area contributed by atoms with E-state index >= 15 is 0 Å². The Hall–Kier alpha value is -2.54. The summed E-state index contributed by atoms with van der Waals surface area (Å²) < 4.78 is 31.0. The van der Waals surface area contributed by atoms with Gasteiger partial charge in [0.05, 0.1) is 11.9 Å². The van der Waals surface area contributed by atoms with Gasteiger partial charge in [-0.05, 0) is 42.3 Å². The summed E-state index contributed by atoms with van der Waals surface area (Å²) in [5, 5.41) is 2.73. The van der Waals surface area contributed by atoms with Gasteiger partial charge in [-0.1, -0.05) is 32.0 Å². The molecule has 0 spiro atoms. The lowest BCUT2D eigenvalue weighted by molar-refractivity contribution is -0.119. The molecule has 140 valence electrons. The van der Waals surface area contributed by atoms with Crippen LogP contribution in [-0.4, -0.2) is 33.7 Å². The Morgan fingerprint density at radius 3 is 2.15 bits per heavy atom. The highest BCUT2D eigenvalue weighted by molar-refractivity contribution is 7.92. The highest BCUT2D eigenvalue weighted by Gasteiger charge is 2.20. The number of rotatable bonds is 8. The summed E-state index contributed by atoms with van der Waals surface area (Å²) in [6, 6.07) is 15.9. The Kier molecular flexibility index (Phi) is 6.63. The molecule has 0 saturated heterocycles. The lowest BCUT2D eigenvalue weighted by atomic mass is 10.2. The molecule has 0 aliphatic rings. The number of hydrogen-bond acceptors (Lipinski definition) is 4. The van der Waals surface area contributed by atoms with Gasteiger partial charge in [0.25, 0.3) is 0 Å². The van der Waals surface area contributed by atoms with E-state index in [1.807, 2.05) is 44.2 Å². The van der Waals surface area contributed by atoms with Crippen LogP contribution in [0.25, 0.3) is 0 Å². The van der Waals surface area contributed by atoms with Crippen molar-refractivity contribution in [2.45, 2.75) is 13.8 Å². The van der Waals surface area contributed by atoms with Gasteiger partial charge in [-0.3, -0.25) is 9.10 Å². The Labute approximate surface area is 154 Å². The molecule has 0 aromatic heterocycles. The molecule has 0 radical (unpaired) electrons. The smallest absolute Gasteiger partial charge is 0.240 e. The number of hydrogen-bond donors (Lipinski definition) is 1. The van der Waals surface area contributed by atoms with Crippen molar-refractivity contribution < 1.29 is 17.9 Å². The molecular weight excluding hydrogens is 352 g/mol. The zero-order valence-corrected chi connectivity index (χ0v) is 16.0. The van der Waals surface area contributed by atoms with E-state index in [0.717, 1.165) is 10.6 Å². The second kappa shape index (κ2) is 8.71. The monoisotopic (exact) mass is 376 g/mol. The number of para-hydroxylation sites is 1. The molecule has 0 saturated carbocycles. The predicted molar refractivity (Wildman–Crippen MR) is 103 cm³/mol. The largest absolute Gasteiger partial charge is 0.457 e. The molecule has 0 bridgehead atoms. The van der Waals surface area contributed by atoms with Crippen molar-refractivity contribution in [2.75, 3.05) is 23.7 Å². The highest BCUT2D eigenvalue weighted by atomic mass is 32.2. The molecule has 0 aliphatic heterocycles. The molecule has 0 aliphatic carbocycles. The molecule has 7 heteroatoms. The molecule has 6 nitrogen and oxygen atoms in total. The van der Waals surface area contributed by atoms with Crippen molar-refractivity contribution >= 4 is 21.6 Å². The molecule has 0 heterocycles. The first-order valence-corrected chi connectivity index (χ1v) is 10.2. The van der Waals surface area contributed by atoms with E-state index in [9.17, 15) is 13.2 Å². The third-order valence-electron chi connectivity index (χ3n) is 3.50. The van der Waals surface area contributed by atoms with E-state index in [0.29, 0.717) is 29.6 Å². The van der Waals surface area contributed by atoms with Gasteiger partial charge in [-0.15, -0.1) is 0 Å². The molecule has 1 N–H and O–H groups in total. The Morgan fingerprint density at radius 1 is 1.04 bits per heavy atom. The van der Waals surface area contributed by atoms with Crippen molar-refractivity contribution in [3.05, 3.63) is 54.6 Å². The number of carbonyl (C=O) groups excluding carboxylic acids is 1. The second-order valence-electron chi connectivity index (χ2n) is 6.38. The summed E-state index contributed by atoms with van der Waals surface area (Å²) in [4.78, 5) is 12.0. The van der Waals surface area contributed by atoms with Crippen LogP contribution in [0.2, 0.25) is 0 Å². The van der Waals surface area contributed by atoms with E-state index in [-0.39, 0.29) is 12.5 Å². The molecular formula is C19H24N2O4S. The number of carbonyl (C=O) groups is 1. The van der Waals surface area contributed by atoms with Crippen molar-refractivity contribution in [2.24, 2.45) is 5.92 Å². The van der Waals surface area contributed by atoms with Gasteiger partial charge in [0, 0.05) is 6.54 Å². The number of benzene rings is 2. The van der Waals surface area contributed by atoms with Crippen LogP contribution in [0.5, 0.6) is 11.5 Å². The van der Waals surface area contributed by atoms with E-state index in [1.54, 1.807) is 24.3 Å². The number of sulfonamides is 1. The van der Waals surface area contributed by atoms with Gasteiger partial charge < -0.3 is 10.1 Å². The maximum Gasteiger partial charge on any atom is 0.240 e. The first kappa shape index (κ1) is 19.8. The fraction of sp³-hybridized carbons (Fsp3) is 0.316. The number of anilines is 1. The predicted octanol–water partition coefficient (Wildman–Crippen LogP) is 3.02. The summed E-state index contributed by atoms with van der Waals surface area (Å²) in [5.74, 6) is 1.22. The quantitative estimate of drug-likeness (QED) is 0.768. The first-order chi connectivity index (χ1) is 12.3. The maximum atomic E-state index is 12.1. The van der Waals surface area contributed by atoms with Crippen LogP contribution >= 0.6 is 0 Å². The van der Waals surface area contributed by atoms with E-state index in [1.165, 1.54) is 0 Å². The minimum atomic E-state index is -3.59. The van der Waals surface area contributed by atoms with Crippen molar-refractivity contribution in [3.63, 3.8) is 0 Å². The third-order valence-corrected chi connectivity index (χ3v) is 4.64. The summed E-state index contributed by atoms with van der Waals surface area (Å²) in [6.07, 6.45) is 1.08. The number of amides is 1. The van der Waals surface area contributed by atoms with Crippen molar-refractivity contribution in [1.82, 2.24) is 5.32 Å². The highest BCUT2D eigenvalue weighted by Crippen LogP contribution is 2.25. The van der Waals surface area contributed by atoms with Gasteiger partial charge in [0.1, 0.15) is 18.0 Å². The van der Waals surface area contributed by atoms with Gasteiger partial charge in [-0.25, -0.2) is 8.42 Å². The molecule has 26 heavy (non-hydrogen) atoms.